The molecule has 118 valence electrons. The van der Waals surface area contributed by atoms with Crippen LogP contribution in [0.25, 0.3) is 0 Å². The Morgan fingerprint density at radius 2 is 1.70 bits per heavy atom. The number of nitrogens with one attached hydrogen (secondary N) is 1. The first-order valence-electron chi connectivity index (χ1n) is 8.19. The van der Waals surface area contributed by atoms with Gasteiger partial charge in [0.1, 0.15) is 0 Å². The van der Waals surface area contributed by atoms with E-state index in [4.69, 9.17) is 0 Å². The van der Waals surface area contributed by atoms with Crippen LogP contribution in [0.4, 0.5) is 0 Å². The molecule has 0 radical (unpaired) electrons. The summed E-state index contributed by atoms with van der Waals surface area (Å²) in [5, 5.41) is 3.09. The fraction of sp³-hybridized carbons (Fsp3) is 0.300. The number of ketones is 1. The average Bonchev–Trinajstić information content (AvgIpc) is 2.61. The second-order valence-electron chi connectivity index (χ2n) is 6.00. The predicted molar refractivity (Wildman–Crippen MR) is 90.3 cm³/mol. The van der Waals surface area contributed by atoms with E-state index in [-0.39, 0.29) is 30.6 Å². The van der Waals surface area contributed by atoms with Crippen molar-refractivity contribution in [3.8, 4) is 0 Å². The van der Waals surface area contributed by atoms with Gasteiger partial charge >= 0.3 is 0 Å². The smallest absolute Gasteiger partial charge is 0.220 e. The maximum atomic E-state index is 12.2. The number of rotatable bonds is 5. The maximum Gasteiger partial charge on any atom is 0.220 e. The van der Waals surface area contributed by atoms with Gasteiger partial charge < -0.3 is 5.32 Å². The highest BCUT2D eigenvalue weighted by atomic mass is 16.2. The molecular formula is C20H21NO2. The van der Waals surface area contributed by atoms with Gasteiger partial charge in [0.25, 0.3) is 0 Å². The standard InChI is InChI=1S/C20H21NO2/c22-19(16-8-2-1-3-9-16)13-14-20(23)21-18-12-6-10-15-7-4-5-11-17(15)18/h1-5,7-9,11,18H,6,10,12-14H2,(H,21,23)/t18-/m1/s1. The van der Waals surface area contributed by atoms with E-state index in [9.17, 15) is 9.59 Å². The number of Topliss-reactive ketones (excluding diaryl/α,β-unsaturated/α-hetero) is 1. The fourth-order valence-electron chi connectivity index (χ4n) is 3.17. The van der Waals surface area contributed by atoms with Crippen molar-refractivity contribution in [1.29, 1.82) is 0 Å². The summed E-state index contributed by atoms with van der Waals surface area (Å²) in [6.45, 7) is 0. The highest BCUT2D eigenvalue weighted by Crippen LogP contribution is 2.29. The van der Waals surface area contributed by atoms with Crippen molar-refractivity contribution in [2.75, 3.05) is 0 Å². The Bertz CT molecular complexity index is 694. The van der Waals surface area contributed by atoms with Crippen LogP contribution >= 0.6 is 0 Å². The Labute approximate surface area is 136 Å². The molecule has 1 aliphatic rings. The molecule has 0 fully saturated rings. The van der Waals surface area contributed by atoms with E-state index >= 15 is 0 Å². The zero-order chi connectivity index (χ0) is 16.1. The summed E-state index contributed by atoms with van der Waals surface area (Å²) in [6, 6.07) is 17.5. The predicted octanol–water partition coefficient (Wildman–Crippen LogP) is 3.84. The molecule has 0 unspecified atom stereocenters. The molecule has 0 aliphatic heterocycles. The molecule has 1 N–H and O–H groups in total. The lowest BCUT2D eigenvalue weighted by Gasteiger charge is -2.26. The number of benzene rings is 2. The summed E-state index contributed by atoms with van der Waals surface area (Å²) < 4.78 is 0. The van der Waals surface area contributed by atoms with Crippen molar-refractivity contribution in [3.63, 3.8) is 0 Å². The average molecular weight is 307 g/mol. The summed E-state index contributed by atoms with van der Waals surface area (Å²) in [7, 11) is 0. The van der Waals surface area contributed by atoms with Crippen LogP contribution < -0.4 is 5.32 Å². The first-order chi connectivity index (χ1) is 11.2. The molecule has 3 heteroatoms. The number of carbonyl (C=O) groups is 2. The van der Waals surface area contributed by atoms with Crippen LogP contribution in [0.3, 0.4) is 0 Å². The third kappa shape index (κ3) is 3.86. The first-order valence-corrected chi connectivity index (χ1v) is 8.19. The maximum absolute atomic E-state index is 12.2. The van der Waals surface area contributed by atoms with Gasteiger partial charge in [-0.25, -0.2) is 0 Å². The van der Waals surface area contributed by atoms with Crippen molar-refractivity contribution < 1.29 is 9.59 Å². The first kappa shape index (κ1) is 15.5. The quantitative estimate of drug-likeness (QED) is 0.853. The lowest BCUT2D eigenvalue weighted by Crippen LogP contribution is -2.31. The zero-order valence-corrected chi connectivity index (χ0v) is 13.1. The Kier molecular flexibility index (Phi) is 4.86. The lowest BCUT2D eigenvalue weighted by atomic mass is 9.87. The van der Waals surface area contributed by atoms with Crippen LogP contribution in [-0.4, -0.2) is 11.7 Å². The van der Waals surface area contributed by atoms with Crippen LogP contribution in [0.2, 0.25) is 0 Å². The number of amides is 1. The van der Waals surface area contributed by atoms with Crippen LogP contribution in [0.1, 0.15) is 53.2 Å². The molecule has 0 saturated heterocycles. The minimum absolute atomic E-state index is 0.0183. The van der Waals surface area contributed by atoms with Gasteiger partial charge in [-0.15, -0.1) is 0 Å². The van der Waals surface area contributed by atoms with Gasteiger partial charge in [0, 0.05) is 18.4 Å². The van der Waals surface area contributed by atoms with Crippen molar-refractivity contribution >= 4 is 11.7 Å². The molecule has 23 heavy (non-hydrogen) atoms. The van der Waals surface area contributed by atoms with Gasteiger partial charge in [-0.2, -0.15) is 0 Å². The van der Waals surface area contributed by atoms with E-state index in [1.54, 1.807) is 12.1 Å². The molecule has 0 saturated carbocycles. The Hall–Kier alpha value is -2.42. The minimum Gasteiger partial charge on any atom is -0.349 e. The lowest BCUT2D eigenvalue weighted by molar-refractivity contribution is -0.121. The van der Waals surface area contributed by atoms with E-state index in [0.717, 1.165) is 19.3 Å². The third-order valence-electron chi connectivity index (χ3n) is 4.38. The van der Waals surface area contributed by atoms with E-state index in [2.05, 4.69) is 17.4 Å². The van der Waals surface area contributed by atoms with E-state index < -0.39 is 0 Å². The number of carbonyl (C=O) groups excluding carboxylic acids is 2. The highest BCUT2D eigenvalue weighted by molar-refractivity contribution is 5.97. The molecular weight excluding hydrogens is 286 g/mol. The van der Waals surface area contributed by atoms with E-state index in [1.165, 1.54) is 11.1 Å². The SMILES string of the molecule is O=C(CCC(=O)c1ccccc1)N[C@@H]1CCCc2ccccc21. The molecule has 3 rings (SSSR count). The van der Waals surface area contributed by atoms with Gasteiger partial charge in [-0.3, -0.25) is 9.59 Å². The van der Waals surface area contributed by atoms with Gasteiger partial charge in [0.15, 0.2) is 5.78 Å². The summed E-state index contributed by atoms with van der Waals surface area (Å²) in [5.74, 6) is -0.0271. The van der Waals surface area contributed by atoms with Crippen LogP contribution in [0.15, 0.2) is 54.6 Å². The molecule has 2 aromatic rings. The molecule has 0 spiro atoms. The summed E-state index contributed by atoms with van der Waals surface area (Å²) in [4.78, 5) is 24.3. The molecule has 0 bridgehead atoms. The Morgan fingerprint density at radius 3 is 2.52 bits per heavy atom. The topological polar surface area (TPSA) is 46.2 Å². The van der Waals surface area contributed by atoms with Crippen LogP contribution in [0, 0.1) is 0 Å². The molecule has 2 aromatic carbocycles. The number of aryl methyl sites for hydroxylation is 1. The van der Waals surface area contributed by atoms with Crippen LogP contribution in [-0.2, 0) is 11.2 Å². The molecule has 1 amide bonds. The molecule has 3 nitrogen and oxygen atoms in total. The molecule has 1 atom stereocenters. The van der Waals surface area contributed by atoms with Crippen molar-refractivity contribution in [1.82, 2.24) is 5.32 Å². The number of hydrogen-bond donors (Lipinski definition) is 1. The number of fused-ring (bicyclic) bond motifs is 1. The Morgan fingerprint density at radius 1 is 0.957 bits per heavy atom. The largest absolute Gasteiger partial charge is 0.349 e. The summed E-state index contributed by atoms with van der Waals surface area (Å²) >= 11 is 0. The summed E-state index contributed by atoms with van der Waals surface area (Å²) in [5.41, 5.74) is 3.22. The van der Waals surface area contributed by atoms with E-state index in [0.29, 0.717) is 5.56 Å². The summed E-state index contributed by atoms with van der Waals surface area (Å²) in [6.07, 6.45) is 3.63. The molecule has 1 aliphatic carbocycles. The van der Waals surface area contributed by atoms with Gasteiger partial charge in [0.05, 0.1) is 6.04 Å². The highest BCUT2D eigenvalue weighted by Gasteiger charge is 2.21. The Balaban J connectivity index is 1.55. The molecule has 0 heterocycles. The third-order valence-corrected chi connectivity index (χ3v) is 4.38. The second-order valence-corrected chi connectivity index (χ2v) is 6.00. The van der Waals surface area contributed by atoms with Gasteiger partial charge in [-0.05, 0) is 30.4 Å². The van der Waals surface area contributed by atoms with Crippen molar-refractivity contribution in [2.45, 2.75) is 38.1 Å². The van der Waals surface area contributed by atoms with Gasteiger partial charge in [0.2, 0.25) is 5.91 Å². The zero-order valence-electron chi connectivity index (χ0n) is 13.1. The normalized spacial score (nSPS) is 16.4. The minimum atomic E-state index is -0.0454. The second kappa shape index (κ2) is 7.23. The van der Waals surface area contributed by atoms with Crippen molar-refractivity contribution in [2.24, 2.45) is 0 Å². The van der Waals surface area contributed by atoms with Crippen LogP contribution in [0.5, 0.6) is 0 Å². The fourth-order valence-corrected chi connectivity index (χ4v) is 3.17. The molecule has 0 aromatic heterocycles. The van der Waals surface area contributed by atoms with Crippen molar-refractivity contribution in [3.05, 3.63) is 71.3 Å². The monoisotopic (exact) mass is 307 g/mol. The van der Waals surface area contributed by atoms with Gasteiger partial charge in [-0.1, -0.05) is 54.6 Å². The number of hydrogen-bond acceptors (Lipinski definition) is 2. The van der Waals surface area contributed by atoms with E-state index in [1.807, 2.05) is 30.3 Å².